The van der Waals surface area contributed by atoms with Gasteiger partial charge in [-0.15, -0.1) is 11.3 Å². The summed E-state index contributed by atoms with van der Waals surface area (Å²) in [7, 11) is 0. The van der Waals surface area contributed by atoms with Gasteiger partial charge in [-0.1, -0.05) is 32.0 Å². The molecule has 0 spiro atoms. The van der Waals surface area contributed by atoms with Crippen LogP contribution in [0.15, 0.2) is 30.3 Å². The van der Waals surface area contributed by atoms with Gasteiger partial charge in [0.25, 0.3) is 5.91 Å². The molecule has 2 aromatic rings. The molecular formula is C26H37N3O5S. The van der Waals surface area contributed by atoms with Crippen LogP contribution in [-0.4, -0.2) is 55.4 Å². The summed E-state index contributed by atoms with van der Waals surface area (Å²) in [5.74, 6) is -0.187. The van der Waals surface area contributed by atoms with Crippen LogP contribution in [0.4, 0.5) is 4.79 Å². The summed E-state index contributed by atoms with van der Waals surface area (Å²) in [6, 6.07) is 9.03. The predicted octanol–water partition coefficient (Wildman–Crippen LogP) is 4.09. The van der Waals surface area contributed by atoms with E-state index in [9.17, 15) is 14.4 Å². The number of amides is 3. The normalized spacial score (nSPS) is 18.9. The minimum absolute atomic E-state index is 0.0690. The van der Waals surface area contributed by atoms with Crippen molar-refractivity contribution >= 4 is 39.3 Å². The third kappa shape index (κ3) is 8.21. The first-order valence-corrected chi connectivity index (χ1v) is 13.0. The lowest BCUT2D eigenvalue weighted by molar-refractivity contribution is -0.124. The van der Waals surface area contributed by atoms with Gasteiger partial charge < -0.3 is 25.4 Å². The van der Waals surface area contributed by atoms with E-state index in [4.69, 9.17) is 9.47 Å². The third-order valence-electron chi connectivity index (χ3n) is 5.71. The van der Waals surface area contributed by atoms with Gasteiger partial charge in [0.05, 0.1) is 11.0 Å². The minimum atomic E-state index is -0.646. The number of rotatable bonds is 9. The Bertz CT molecular complexity index is 996. The molecule has 0 radical (unpaired) electrons. The number of benzene rings is 1. The number of ether oxygens (including phenoxy) is 2. The summed E-state index contributed by atoms with van der Waals surface area (Å²) in [6.45, 7) is 10.8. The summed E-state index contributed by atoms with van der Waals surface area (Å²) in [6.07, 6.45) is 0.631. The Morgan fingerprint density at radius 3 is 2.57 bits per heavy atom. The van der Waals surface area contributed by atoms with Gasteiger partial charge in [0, 0.05) is 30.3 Å². The SMILES string of the molecule is CC(C)C[C@H](NC(=O)c1cc2ccccc2s1)C(=O)NC[C@H]1OCC[C@@H]1CNC(=O)OC(C)(C)C. The Morgan fingerprint density at radius 2 is 1.89 bits per heavy atom. The van der Waals surface area contributed by atoms with Crippen molar-refractivity contribution < 1.29 is 23.9 Å². The fourth-order valence-electron chi connectivity index (χ4n) is 4.03. The molecule has 1 fully saturated rings. The fraction of sp³-hybridized carbons (Fsp3) is 0.577. The Balaban J connectivity index is 1.54. The van der Waals surface area contributed by atoms with Gasteiger partial charge >= 0.3 is 6.09 Å². The Hall–Kier alpha value is -2.65. The van der Waals surface area contributed by atoms with E-state index in [0.29, 0.717) is 31.0 Å². The van der Waals surface area contributed by atoms with Crippen molar-refractivity contribution in [2.45, 2.75) is 65.2 Å². The number of nitrogens with one attached hydrogen (secondary N) is 3. The Kier molecular flexibility index (Phi) is 9.13. The molecule has 3 amide bonds. The highest BCUT2D eigenvalue weighted by molar-refractivity contribution is 7.20. The Morgan fingerprint density at radius 1 is 1.14 bits per heavy atom. The van der Waals surface area contributed by atoms with Crippen LogP contribution >= 0.6 is 11.3 Å². The lowest BCUT2D eigenvalue weighted by Gasteiger charge is -2.24. The second kappa shape index (κ2) is 11.9. The maximum Gasteiger partial charge on any atom is 0.407 e. The number of hydrogen-bond acceptors (Lipinski definition) is 6. The van der Waals surface area contributed by atoms with E-state index in [1.165, 1.54) is 11.3 Å². The fourth-order valence-corrected chi connectivity index (χ4v) is 5.00. The van der Waals surface area contributed by atoms with Crippen LogP contribution in [0, 0.1) is 11.8 Å². The van der Waals surface area contributed by atoms with Crippen LogP contribution in [0.25, 0.3) is 10.1 Å². The van der Waals surface area contributed by atoms with E-state index in [1.807, 2.05) is 65.0 Å². The maximum absolute atomic E-state index is 13.0. The molecule has 2 heterocycles. The van der Waals surface area contributed by atoms with Crippen LogP contribution in [-0.2, 0) is 14.3 Å². The van der Waals surface area contributed by atoms with Crippen molar-refractivity contribution in [3.8, 4) is 0 Å². The van der Waals surface area contributed by atoms with Crippen LogP contribution in [0.3, 0.4) is 0 Å². The molecule has 3 rings (SSSR count). The Labute approximate surface area is 211 Å². The average Bonchev–Trinajstić information content (AvgIpc) is 3.40. The third-order valence-corrected chi connectivity index (χ3v) is 6.82. The van der Waals surface area contributed by atoms with Gasteiger partial charge in [0.1, 0.15) is 11.6 Å². The molecule has 1 aromatic carbocycles. The zero-order valence-electron chi connectivity index (χ0n) is 21.2. The highest BCUT2D eigenvalue weighted by Crippen LogP contribution is 2.25. The molecule has 0 unspecified atom stereocenters. The monoisotopic (exact) mass is 503 g/mol. The highest BCUT2D eigenvalue weighted by Gasteiger charge is 2.31. The molecule has 1 aromatic heterocycles. The van der Waals surface area contributed by atoms with Crippen LogP contribution in [0.1, 0.15) is 57.1 Å². The largest absolute Gasteiger partial charge is 0.444 e. The molecule has 8 nitrogen and oxygen atoms in total. The van der Waals surface area contributed by atoms with Gasteiger partial charge in [-0.3, -0.25) is 9.59 Å². The van der Waals surface area contributed by atoms with Crippen LogP contribution in [0.5, 0.6) is 0 Å². The number of carbonyl (C=O) groups excluding carboxylic acids is 3. The van der Waals surface area contributed by atoms with Crippen molar-refractivity contribution in [2.24, 2.45) is 11.8 Å². The lowest BCUT2D eigenvalue weighted by Crippen LogP contribution is -2.49. The second-order valence-electron chi connectivity index (χ2n) is 10.4. The first-order valence-electron chi connectivity index (χ1n) is 12.2. The molecule has 0 bridgehead atoms. The first kappa shape index (κ1) is 26.9. The van der Waals surface area contributed by atoms with E-state index >= 15 is 0 Å². The number of fused-ring (bicyclic) bond motifs is 1. The molecule has 35 heavy (non-hydrogen) atoms. The van der Waals surface area contributed by atoms with Crippen molar-refractivity contribution in [1.82, 2.24) is 16.0 Å². The van der Waals surface area contributed by atoms with Crippen molar-refractivity contribution in [1.29, 1.82) is 0 Å². The highest BCUT2D eigenvalue weighted by atomic mass is 32.1. The zero-order valence-corrected chi connectivity index (χ0v) is 22.0. The molecule has 1 saturated heterocycles. The summed E-state index contributed by atoms with van der Waals surface area (Å²) in [5, 5.41) is 9.67. The second-order valence-corrected chi connectivity index (χ2v) is 11.5. The summed E-state index contributed by atoms with van der Waals surface area (Å²) >= 11 is 1.41. The van der Waals surface area contributed by atoms with E-state index in [2.05, 4.69) is 16.0 Å². The number of carbonyl (C=O) groups is 3. The average molecular weight is 504 g/mol. The van der Waals surface area contributed by atoms with Crippen LogP contribution in [0.2, 0.25) is 0 Å². The predicted molar refractivity (Wildman–Crippen MR) is 138 cm³/mol. The van der Waals surface area contributed by atoms with Gasteiger partial charge in [-0.2, -0.15) is 0 Å². The molecule has 0 saturated carbocycles. The molecule has 192 valence electrons. The van der Waals surface area contributed by atoms with E-state index in [1.54, 1.807) is 0 Å². The summed E-state index contributed by atoms with van der Waals surface area (Å²) in [5.41, 5.74) is -0.560. The van der Waals surface area contributed by atoms with Crippen LogP contribution < -0.4 is 16.0 Å². The number of thiophene rings is 1. The quantitative estimate of drug-likeness (QED) is 0.478. The van der Waals surface area contributed by atoms with Crippen molar-refractivity contribution in [3.63, 3.8) is 0 Å². The van der Waals surface area contributed by atoms with Crippen molar-refractivity contribution in [3.05, 3.63) is 35.2 Å². The first-order chi connectivity index (χ1) is 16.5. The lowest BCUT2D eigenvalue weighted by atomic mass is 10.0. The van der Waals surface area contributed by atoms with E-state index in [-0.39, 0.29) is 29.8 Å². The van der Waals surface area contributed by atoms with Crippen molar-refractivity contribution in [2.75, 3.05) is 19.7 Å². The maximum atomic E-state index is 13.0. The van der Waals surface area contributed by atoms with Gasteiger partial charge in [0.15, 0.2) is 0 Å². The molecule has 1 aliphatic heterocycles. The number of hydrogen-bond donors (Lipinski definition) is 3. The topological polar surface area (TPSA) is 106 Å². The van der Waals surface area contributed by atoms with Gasteiger partial charge in [-0.25, -0.2) is 4.79 Å². The van der Waals surface area contributed by atoms with Gasteiger partial charge in [-0.05, 0) is 57.0 Å². The standard InChI is InChI=1S/C26H37N3O5S/c1-16(2)12-19(29-24(31)22-13-17-8-6-7-9-21(17)35-22)23(30)27-15-20-18(10-11-33-20)14-28-25(32)34-26(3,4)5/h6-9,13,16,18-20H,10-12,14-15H2,1-5H3,(H,27,30)(H,28,32)(H,29,31)/t18-,19+,20-/m1/s1. The summed E-state index contributed by atoms with van der Waals surface area (Å²) < 4.78 is 12.1. The molecular weight excluding hydrogens is 466 g/mol. The molecule has 0 aliphatic carbocycles. The van der Waals surface area contributed by atoms with Gasteiger partial charge in [0.2, 0.25) is 5.91 Å². The molecule has 3 N–H and O–H groups in total. The molecule has 3 atom stereocenters. The minimum Gasteiger partial charge on any atom is -0.444 e. The zero-order chi connectivity index (χ0) is 25.6. The molecule has 1 aliphatic rings. The molecule has 9 heteroatoms. The number of alkyl carbamates (subject to hydrolysis) is 1. The summed E-state index contributed by atoms with van der Waals surface area (Å²) in [4.78, 5) is 38.5. The smallest absolute Gasteiger partial charge is 0.407 e. The van der Waals surface area contributed by atoms with E-state index in [0.717, 1.165) is 16.5 Å². The van der Waals surface area contributed by atoms with E-state index < -0.39 is 17.7 Å².